The van der Waals surface area contributed by atoms with Gasteiger partial charge in [-0.1, -0.05) is 26.0 Å². The number of anilines is 2. The normalized spacial score (nSPS) is 17.1. The van der Waals surface area contributed by atoms with Crippen LogP contribution in [0.4, 0.5) is 11.4 Å². The first-order valence-corrected chi connectivity index (χ1v) is 13.3. The molecule has 1 amide bonds. The number of carbonyl (C=O) groups is 1. The van der Waals surface area contributed by atoms with Crippen LogP contribution < -0.4 is 15.5 Å². The van der Waals surface area contributed by atoms with Crippen LogP contribution in [0.3, 0.4) is 0 Å². The highest BCUT2D eigenvalue weighted by Crippen LogP contribution is 2.43. The van der Waals surface area contributed by atoms with Crippen LogP contribution in [0, 0.1) is 26.7 Å². The van der Waals surface area contributed by atoms with Gasteiger partial charge in [0.2, 0.25) is 5.91 Å². The van der Waals surface area contributed by atoms with Crippen LogP contribution >= 0.6 is 12.2 Å². The lowest BCUT2D eigenvalue weighted by Crippen LogP contribution is -2.30. The standard InChI is InChI=1S/C31H33N5OS/c1-19(2)30(37)33-25-14-13-24(18-22(25)5)36-29(28(34-31(36)38)26-9-6-7-15-32-26)27-10-8-16-35(27)23-12-11-20(3)21(4)17-23/h6-19,28-29H,1-5H3,(H,33,37)(H,34,38). The maximum absolute atomic E-state index is 12.3. The zero-order chi connectivity index (χ0) is 27.0. The number of aromatic nitrogens is 2. The summed E-state index contributed by atoms with van der Waals surface area (Å²) in [5.41, 5.74) is 8.38. The van der Waals surface area contributed by atoms with E-state index >= 15 is 0 Å². The third-order valence-corrected chi connectivity index (χ3v) is 7.54. The summed E-state index contributed by atoms with van der Waals surface area (Å²) >= 11 is 5.94. The molecule has 1 aliphatic heterocycles. The van der Waals surface area contributed by atoms with Crippen LogP contribution in [0.1, 0.15) is 54.0 Å². The zero-order valence-corrected chi connectivity index (χ0v) is 23.2. The van der Waals surface area contributed by atoms with Crippen LogP contribution in [0.5, 0.6) is 0 Å². The highest BCUT2D eigenvalue weighted by molar-refractivity contribution is 7.80. The van der Waals surface area contributed by atoms with E-state index < -0.39 is 0 Å². The average Bonchev–Trinajstić information content (AvgIpc) is 3.51. The van der Waals surface area contributed by atoms with E-state index in [0.717, 1.165) is 34.0 Å². The SMILES string of the molecule is Cc1ccc(-n2cccc2C2C(c3ccccn3)NC(=S)N2c2ccc(NC(=O)C(C)C)c(C)c2)cc1C. The van der Waals surface area contributed by atoms with Gasteiger partial charge in [-0.25, -0.2) is 0 Å². The van der Waals surface area contributed by atoms with Crippen LogP contribution in [0.15, 0.2) is 79.1 Å². The van der Waals surface area contributed by atoms with Crippen molar-refractivity contribution in [1.82, 2.24) is 14.9 Å². The molecule has 3 heterocycles. The van der Waals surface area contributed by atoms with Gasteiger partial charge in [0.05, 0.1) is 11.7 Å². The molecule has 194 valence electrons. The van der Waals surface area contributed by atoms with E-state index in [9.17, 15) is 4.79 Å². The molecule has 4 aromatic rings. The Morgan fingerprint density at radius 3 is 2.39 bits per heavy atom. The lowest BCUT2D eigenvalue weighted by molar-refractivity contribution is -0.118. The minimum atomic E-state index is -0.149. The van der Waals surface area contributed by atoms with E-state index in [1.54, 1.807) is 0 Å². The molecular formula is C31H33N5OS. The Morgan fingerprint density at radius 1 is 0.947 bits per heavy atom. The Hall–Kier alpha value is -3.97. The summed E-state index contributed by atoms with van der Waals surface area (Å²) in [4.78, 5) is 19.2. The van der Waals surface area contributed by atoms with E-state index in [0.29, 0.717) is 5.11 Å². The lowest BCUT2D eigenvalue weighted by Gasteiger charge is -2.29. The Labute approximate surface area is 229 Å². The number of carbonyl (C=O) groups excluding carboxylic acids is 1. The zero-order valence-electron chi connectivity index (χ0n) is 22.4. The number of nitrogens with zero attached hydrogens (tertiary/aromatic N) is 3. The first-order valence-electron chi connectivity index (χ1n) is 12.9. The number of hydrogen-bond donors (Lipinski definition) is 2. The van der Waals surface area contributed by atoms with E-state index in [4.69, 9.17) is 12.2 Å². The van der Waals surface area contributed by atoms with Gasteiger partial charge in [-0.3, -0.25) is 9.78 Å². The van der Waals surface area contributed by atoms with Crippen LogP contribution in [0.25, 0.3) is 5.69 Å². The largest absolute Gasteiger partial charge is 0.351 e. The summed E-state index contributed by atoms with van der Waals surface area (Å²) in [6.07, 6.45) is 3.92. The van der Waals surface area contributed by atoms with Gasteiger partial charge in [0.25, 0.3) is 0 Å². The van der Waals surface area contributed by atoms with Gasteiger partial charge >= 0.3 is 0 Å². The predicted molar refractivity (Wildman–Crippen MR) is 158 cm³/mol. The second-order valence-electron chi connectivity index (χ2n) is 10.2. The van der Waals surface area contributed by atoms with Crippen molar-refractivity contribution in [3.63, 3.8) is 0 Å². The molecule has 0 bridgehead atoms. The molecule has 6 nitrogen and oxygen atoms in total. The quantitative estimate of drug-likeness (QED) is 0.280. The van der Waals surface area contributed by atoms with Crippen LogP contribution in [0.2, 0.25) is 0 Å². The van der Waals surface area contributed by atoms with Crippen molar-refractivity contribution in [3.05, 3.63) is 107 Å². The van der Waals surface area contributed by atoms with Gasteiger partial charge < -0.3 is 20.1 Å². The molecule has 2 unspecified atom stereocenters. The molecule has 1 fully saturated rings. The predicted octanol–water partition coefficient (Wildman–Crippen LogP) is 6.57. The monoisotopic (exact) mass is 523 g/mol. The molecule has 0 radical (unpaired) electrons. The molecule has 0 saturated carbocycles. The van der Waals surface area contributed by atoms with Crippen molar-refractivity contribution in [2.75, 3.05) is 10.2 Å². The molecule has 2 N–H and O–H groups in total. The van der Waals surface area contributed by atoms with E-state index in [2.05, 4.69) is 81.5 Å². The van der Waals surface area contributed by atoms with Gasteiger partial charge in [0, 0.05) is 41.1 Å². The first kappa shape index (κ1) is 25.7. The van der Waals surface area contributed by atoms with Crippen molar-refractivity contribution >= 4 is 34.6 Å². The Kier molecular flexibility index (Phi) is 7.04. The summed E-state index contributed by atoms with van der Waals surface area (Å²) in [6, 6.07) is 22.5. The highest BCUT2D eigenvalue weighted by atomic mass is 32.1. The van der Waals surface area contributed by atoms with Crippen molar-refractivity contribution in [3.8, 4) is 5.69 Å². The fourth-order valence-electron chi connectivity index (χ4n) is 4.89. The van der Waals surface area contributed by atoms with Gasteiger partial charge in [0.15, 0.2) is 5.11 Å². The second kappa shape index (κ2) is 10.4. The van der Waals surface area contributed by atoms with Gasteiger partial charge in [-0.2, -0.15) is 0 Å². The number of benzene rings is 2. The smallest absolute Gasteiger partial charge is 0.226 e. The highest BCUT2D eigenvalue weighted by Gasteiger charge is 2.42. The van der Waals surface area contributed by atoms with Gasteiger partial charge in [-0.05, 0) is 104 Å². The molecule has 2 aromatic carbocycles. The lowest BCUT2D eigenvalue weighted by atomic mass is 10.00. The minimum Gasteiger partial charge on any atom is -0.351 e. The molecule has 5 rings (SSSR count). The number of pyridine rings is 1. The van der Waals surface area contributed by atoms with E-state index in [1.165, 1.54) is 11.1 Å². The summed E-state index contributed by atoms with van der Waals surface area (Å²) in [6.45, 7) is 10.1. The molecule has 1 saturated heterocycles. The van der Waals surface area contributed by atoms with E-state index in [-0.39, 0.29) is 23.9 Å². The summed E-state index contributed by atoms with van der Waals surface area (Å²) in [5, 5.41) is 7.22. The van der Waals surface area contributed by atoms with Crippen molar-refractivity contribution < 1.29 is 4.79 Å². The minimum absolute atomic E-state index is 0.00137. The Bertz CT molecular complexity index is 1490. The average molecular weight is 524 g/mol. The van der Waals surface area contributed by atoms with Crippen molar-refractivity contribution in [1.29, 1.82) is 0 Å². The summed E-state index contributed by atoms with van der Waals surface area (Å²) in [7, 11) is 0. The summed E-state index contributed by atoms with van der Waals surface area (Å²) in [5.74, 6) is -0.0929. The molecule has 0 aliphatic carbocycles. The third-order valence-electron chi connectivity index (χ3n) is 7.22. The number of thiocarbonyl (C=S) groups is 1. The number of nitrogens with one attached hydrogen (secondary N) is 2. The van der Waals surface area contributed by atoms with Gasteiger partial charge in [0.1, 0.15) is 6.04 Å². The fourth-order valence-corrected chi connectivity index (χ4v) is 5.24. The molecule has 38 heavy (non-hydrogen) atoms. The Morgan fingerprint density at radius 2 is 1.71 bits per heavy atom. The number of hydrogen-bond acceptors (Lipinski definition) is 3. The van der Waals surface area contributed by atoms with E-state index in [1.807, 2.05) is 57.3 Å². The maximum atomic E-state index is 12.3. The third kappa shape index (κ3) is 4.82. The van der Waals surface area contributed by atoms with Crippen LogP contribution in [-0.4, -0.2) is 20.6 Å². The van der Waals surface area contributed by atoms with Gasteiger partial charge in [-0.15, -0.1) is 0 Å². The molecule has 0 spiro atoms. The fraction of sp³-hybridized carbons (Fsp3) is 0.258. The number of aryl methyl sites for hydroxylation is 3. The van der Waals surface area contributed by atoms with Crippen LogP contribution in [-0.2, 0) is 4.79 Å². The molecule has 1 aliphatic rings. The second-order valence-corrected chi connectivity index (χ2v) is 10.6. The first-order chi connectivity index (χ1) is 18.2. The number of amides is 1. The molecular weight excluding hydrogens is 490 g/mol. The maximum Gasteiger partial charge on any atom is 0.226 e. The Balaban J connectivity index is 1.61. The molecule has 2 aromatic heterocycles. The summed E-state index contributed by atoms with van der Waals surface area (Å²) < 4.78 is 2.24. The topological polar surface area (TPSA) is 62.2 Å². The van der Waals surface area contributed by atoms with Crippen molar-refractivity contribution in [2.45, 2.75) is 46.7 Å². The van der Waals surface area contributed by atoms with Crippen molar-refractivity contribution in [2.24, 2.45) is 5.92 Å². The molecule has 7 heteroatoms. The molecule has 2 atom stereocenters. The number of rotatable bonds is 6.